The van der Waals surface area contributed by atoms with Crippen LogP contribution in [0.2, 0.25) is 0 Å². The number of methoxy groups -OCH3 is 1. The molecule has 8 rings (SSSR count). The molecular formula is C49H42N4O4. The highest BCUT2D eigenvalue weighted by atomic mass is 16.5. The number of carbonyl (C=O) groups is 3. The second-order valence-electron chi connectivity index (χ2n) is 14.2. The average Bonchev–Trinajstić information content (AvgIpc) is 3.75. The number of esters is 1. The van der Waals surface area contributed by atoms with Crippen molar-refractivity contribution in [3.05, 3.63) is 221 Å². The summed E-state index contributed by atoms with van der Waals surface area (Å²) < 4.78 is 7.30. The second-order valence-corrected chi connectivity index (χ2v) is 14.2. The molecule has 0 radical (unpaired) electrons. The maximum Gasteiger partial charge on any atom is 0.328 e. The average molecular weight is 751 g/mol. The number of benzene rings is 6. The van der Waals surface area contributed by atoms with Crippen LogP contribution in [-0.4, -0.2) is 51.4 Å². The molecule has 0 spiro atoms. The zero-order valence-corrected chi connectivity index (χ0v) is 31.6. The first-order valence-electron chi connectivity index (χ1n) is 19.1. The first-order valence-corrected chi connectivity index (χ1v) is 19.1. The minimum absolute atomic E-state index is 0.0675. The maximum atomic E-state index is 14.4. The molecule has 0 fully saturated rings. The first-order chi connectivity index (χ1) is 27.9. The number of carbonyl (C=O) groups excluding carboxylic acids is 3. The normalized spacial score (nSPS) is 14.3. The van der Waals surface area contributed by atoms with Crippen LogP contribution in [0, 0.1) is 0 Å². The second kappa shape index (κ2) is 16.4. The molecule has 0 aliphatic carbocycles. The van der Waals surface area contributed by atoms with Gasteiger partial charge in [-0.1, -0.05) is 158 Å². The van der Waals surface area contributed by atoms with E-state index in [1.807, 2.05) is 128 Å². The Morgan fingerprint density at radius 3 is 1.75 bits per heavy atom. The molecule has 2 atom stereocenters. The minimum Gasteiger partial charge on any atom is -0.467 e. The van der Waals surface area contributed by atoms with Crippen LogP contribution < -0.4 is 5.32 Å². The molecule has 1 aromatic heterocycles. The number of nitrogens with zero attached hydrogens (tertiary/aromatic N) is 3. The Labute approximate surface area is 332 Å². The molecule has 0 bridgehead atoms. The molecule has 8 heteroatoms. The zero-order valence-electron chi connectivity index (χ0n) is 31.6. The van der Waals surface area contributed by atoms with E-state index in [0.717, 1.165) is 38.9 Å². The highest BCUT2D eigenvalue weighted by Gasteiger charge is 2.40. The van der Waals surface area contributed by atoms with Crippen molar-refractivity contribution in [2.45, 2.75) is 37.0 Å². The number of imidazole rings is 1. The fourth-order valence-electron chi connectivity index (χ4n) is 8.02. The summed E-state index contributed by atoms with van der Waals surface area (Å²) in [7, 11) is 1.30. The Morgan fingerprint density at radius 2 is 1.19 bits per heavy atom. The van der Waals surface area contributed by atoms with Crippen molar-refractivity contribution in [1.82, 2.24) is 19.8 Å². The Balaban J connectivity index is 1.10. The van der Waals surface area contributed by atoms with E-state index in [9.17, 15) is 14.4 Å². The van der Waals surface area contributed by atoms with Crippen LogP contribution in [0.5, 0.6) is 0 Å². The summed E-state index contributed by atoms with van der Waals surface area (Å²) in [6, 6.07) is 54.0. The van der Waals surface area contributed by atoms with Crippen molar-refractivity contribution in [2.75, 3.05) is 7.11 Å². The zero-order chi connectivity index (χ0) is 39.2. The van der Waals surface area contributed by atoms with Gasteiger partial charge >= 0.3 is 5.97 Å². The minimum atomic E-state index is -1.07. The van der Waals surface area contributed by atoms with E-state index in [0.29, 0.717) is 17.7 Å². The van der Waals surface area contributed by atoms with Crippen molar-refractivity contribution in [3.63, 3.8) is 0 Å². The summed E-state index contributed by atoms with van der Waals surface area (Å²) in [5, 5.41) is 2.97. The molecule has 1 aliphatic heterocycles. The predicted octanol–water partition coefficient (Wildman–Crippen LogP) is 7.86. The van der Waals surface area contributed by atoms with Crippen molar-refractivity contribution in [2.24, 2.45) is 0 Å². The van der Waals surface area contributed by atoms with Crippen molar-refractivity contribution < 1.29 is 19.1 Å². The van der Waals surface area contributed by atoms with Gasteiger partial charge in [-0.25, -0.2) is 9.78 Å². The maximum absolute atomic E-state index is 14.4. The summed E-state index contributed by atoms with van der Waals surface area (Å²) in [5.74, 6) is -1.32. The summed E-state index contributed by atoms with van der Waals surface area (Å²) in [5.41, 5.74) is 7.34. The highest BCUT2D eigenvalue weighted by molar-refractivity contribution is 5.99. The van der Waals surface area contributed by atoms with Crippen LogP contribution in [0.3, 0.4) is 0 Å². The van der Waals surface area contributed by atoms with Crippen molar-refractivity contribution in [1.29, 1.82) is 0 Å². The number of amides is 2. The fraction of sp³-hybridized carbons (Fsp3) is 0.143. The van der Waals surface area contributed by atoms with Gasteiger partial charge in [0.2, 0.25) is 5.91 Å². The number of ether oxygens (including phenoxy) is 1. The number of aromatic nitrogens is 2. The van der Waals surface area contributed by atoms with Crippen molar-refractivity contribution in [3.8, 4) is 11.1 Å². The molecule has 2 amide bonds. The highest BCUT2D eigenvalue weighted by Crippen LogP contribution is 2.41. The molecule has 7 aromatic rings. The lowest BCUT2D eigenvalue weighted by molar-refractivity contribution is -0.145. The van der Waals surface area contributed by atoms with E-state index in [-0.39, 0.29) is 18.9 Å². The van der Waals surface area contributed by atoms with Gasteiger partial charge in [0, 0.05) is 31.1 Å². The van der Waals surface area contributed by atoms with Gasteiger partial charge in [-0.15, -0.1) is 0 Å². The van der Waals surface area contributed by atoms with Gasteiger partial charge in [0.15, 0.2) is 0 Å². The third-order valence-corrected chi connectivity index (χ3v) is 10.9. The molecular weight excluding hydrogens is 709 g/mol. The summed E-state index contributed by atoms with van der Waals surface area (Å²) in [4.78, 5) is 48.5. The van der Waals surface area contributed by atoms with Gasteiger partial charge in [0.1, 0.15) is 17.6 Å². The number of hydrogen-bond donors (Lipinski definition) is 1. The Bertz CT molecular complexity index is 2370. The lowest BCUT2D eigenvalue weighted by atomic mass is 9.77. The van der Waals surface area contributed by atoms with Crippen LogP contribution in [-0.2, 0) is 39.3 Å². The monoisotopic (exact) mass is 750 g/mol. The lowest BCUT2D eigenvalue weighted by Gasteiger charge is -2.37. The predicted molar refractivity (Wildman–Crippen MR) is 220 cm³/mol. The van der Waals surface area contributed by atoms with Crippen LogP contribution in [0.1, 0.15) is 43.9 Å². The van der Waals surface area contributed by atoms with Crippen LogP contribution in [0.4, 0.5) is 0 Å². The third kappa shape index (κ3) is 7.37. The lowest BCUT2D eigenvalue weighted by Crippen LogP contribution is -2.56. The molecule has 1 aliphatic rings. The van der Waals surface area contributed by atoms with E-state index in [2.05, 4.69) is 46.3 Å². The quantitative estimate of drug-likeness (QED) is 0.107. The van der Waals surface area contributed by atoms with Gasteiger partial charge in [-0.05, 0) is 51.1 Å². The van der Waals surface area contributed by atoms with Crippen LogP contribution >= 0.6 is 0 Å². The van der Waals surface area contributed by atoms with Gasteiger partial charge in [-0.3, -0.25) is 9.59 Å². The number of fused-ring (bicyclic) bond motifs is 1. The van der Waals surface area contributed by atoms with Gasteiger partial charge in [-0.2, -0.15) is 0 Å². The summed E-state index contributed by atoms with van der Waals surface area (Å²) in [6.45, 7) is 0.251. The van der Waals surface area contributed by atoms with Gasteiger partial charge in [0.05, 0.1) is 19.1 Å². The largest absolute Gasteiger partial charge is 0.467 e. The van der Waals surface area contributed by atoms with E-state index in [1.165, 1.54) is 7.11 Å². The van der Waals surface area contributed by atoms with E-state index < -0.39 is 29.5 Å². The molecule has 2 heterocycles. The van der Waals surface area contributed by atoms with E-state index in [1.54, 1.807) is 23.4 Å². The van der Waals surface area contributed by atoms with Crippen molar-refractivity contribution >= 4 is 17.8 Å². The molecule has 1 N–H and O–H groups in total. The van der Waals surface area contributed by atoms with Gasteiger partial charge < -0.3 is 19.5 Å². The molecule has 57 heavy (non-hydrogen) atoms. The Morgan fingerprint density at radius 1 is 0.684 bits per heavy atom. The molecule has 0 saturated heterocycles. The van der Waals surface area contributed by atoms with E-state index in [4.69, 9.17) is 9.72 Å². The summed E-state index contributed by atoms with van der Waals surface area (Å²) in [6.07, 6.45) is 4.07. The molecule has 8 nitrogen and oxygen atoms in total. The first kappa shape index (κ1) is 36.9. The number of hydrogen-bond acceptors (Lipinski definition) is 5. The molecule has 282 valence electrons. The van der Waals surface area contributed by atoms with Crippen LogP contribution in [0.25, 0.3) is 11.1 Å². The smallest absolute Gasteiger partial charge is 0.328 e. The Hall–Kier alpha value is -7.06. The van der Waals surface area contributed by atoms with Crippen LogP contribution in [0.15, 0.2) is 182 Å². The van der Waals surface area contributed by atoms with E-state index >= 15 is 0 Å². The number of rotatable bonds is 11. The standard InChI is InChI=1S/C49H42N4O4/c1-57-48(56)44(31-43-33-52(34-50-43)49(40-20-8-3-9-21-40,41-22-10-4-11-23-41)42-24-12-5-13-25-42)51-46(54)45-30-38-18-14-15-19-39(38)32-53(45)47(55)37-28-26-36(27-29-37)35-16-6-2-7-17-35/h2-29,33-34,44-45H,30-32H2,1H3,(H,51,54)/t44-,45-/m0/s1. The third-order valence-electron chi connectivity index (χ3n) is 10.9. The molecule has 0 saturated carbocycles. The van der Waals surface area contributed by atoms with Gasteiger partial charge in [0.25, 0.3) is 5.91 Å². The molecule has 6 aromatic carbocycles. The molecule has 0 unspecified atom stereocenters. The summed E-state index contributed by atoms with van der Waals surface area (Å²) >= 11 is 0. The fourth-order valence-corrected chi connectivity index (χ4v) is 8.02. The number of nitrogens with one attached hydrogen (secondary N) is 1. The topological polar surface area (TPSA) is 93.5 Å². The SMILES string of the molecule is COC(=O)[C@H](Cc1cn(C(c2ccccc2)(c2ccccc2)c2ccccc2)cn1)NC(=O)[C@@H]1Cc2ccccc2CN1C(=O)c1ccc(-c2ccccc2)cc1. The Kier molecular flexibility index (Phi) is 10.6.